The Hall–Kier alpha value is -1.00. The van der Waals surface area contributed by atoms with E-state index in [1.165, 1.54) is 17.6 Å². The molecule has 0 saturated carbocycles. The summed E-state index contributed by atoms with van der Waals surface area (Å²) >= 11 is 3.18. The Morgan fingerprint density at radius 2 is 1.94 bits per heavy atom. The van der Waals surface area contributed by atoms with Gasteiger partial charge < -0.3 is 5.73 Å². The number of carbonyl (C=O) groups excluding carboxylic acids is 1. The van der Waals surface area contributed by atoms with E-state index in [2.05, 4.69) is 20.7 Å². The van der Waals surface area contributed by atoms with Crippen molar-refractivity contribution in [1.29, 1.82) is 0 Å². The molecule has 1 aromatic carbocycles. The molecule has 5 N–H and O–H groups in total. The molecule has 0 aliphatic rings. The highest BCUT2D eigenvalue weighted by atomic mass is 79.9. The topological polar surface area (TPSA) is 122 Å². The second kappa shape index (κ2) is 6.25. The van der Waals surface area contributed by atoms with Crippen LogP contribution >= 0.6 is 15.9 Å². The van der Waals surface area contributed by atoms with Gasteiger partial charge in [-0.1, -0.05) is 15.9 Å². The zero-order valence-electron chi connectivity index (χ0n) is 9.13. The number of halogens is 1. The van der Waals surface area contributed by atoms with Crippen LogP contribution in [0.1, 0.15) is 6.42 Å². The Balaban J connectivity index is 2.76. The fourth-order valence-electron chi connectivity index (χ4n) is 1.17. The first-order chi connectivity index (χ1) is 8.35. The van der Waals surface area contributed by atoms with Gasteiger partial charge in [0, 0.05) is 4.47 Å². The minimum absolute atomic E-state index is 0.0329. The van der Waals surface area contributed by atoms with Crippen molar-refractivity contribution in [1.82, 2.24) is 10.2 Å². The van der Waals surface area contributed by atoms with Gasteiger partial charge in [-0.3, -0.25) is 10.0 Å². The van der Waals surface area contributed by atoms with Crippen molar-refractivity contribution in [2.75, 3.05) is 0 Å². The van der Waals surface area contributed by atoms with Crippen molar-refractivity contribution in [3.8, 4) is 0 Å². The summed E-state index contributed by atoms with van der Waals surface area (Å²) in [5, 5.41) is 8.29. The molecule has 1 amide bonds. The number of carbonyl (C=O) groups is 1. The predicted octanol–water partition coefficient (Wildman–Crippen LogP) is -0.0923. The van der Waals surface area contributed by atoms with Crippen LogP contribution < -0.4 is 15.9 Å². The summed E-state index contributed by atoms with van der Waals surface area (Å²) in [5.74, 6) is -0.777. The first kappa shape index (κ1) is 15.1. The number of hydrogen-bond acceptors (Lipinski definition) is 5. The van der Waals surface area contributed by atoms with Gasteiger partial charge in [-0.15, -0.1) is 0 Å². The lowest BCUT2D eigenvalue weighted by molar-refractivity contribution is -0.129. The summed E-state index contributed by atoms with van der Waals surface area (Å²) in [4.78, 5) is 10.8. The number of rotatable bonds is 5. The van der Waals surface area contributed by atoms with E-state index in [-0.39, 0.29) is 11.3 Å². The highest BCUT2D eigenvalue weighted by molar-refractivity contribution is 9.10. The van der Waals surface area contributed by atoms with E-state index >= 15 is 0 Å². The van der Waals surface area contributed by atoms with Crippen LogP contribution in [0.25, 0.3) is 0 Å². The maximum absolute atomic E-state index is 11.8. The molecule has 9 heteroatoms. The van der Waals surface area contributed by atoms with Crippen molar-refractivity contribution in [2.24, 2.45) is 5.73 Å². The summed E-state index contributed by atoms with van der Waals surface area (Å²) in [6, 6.07) is 5.93. The molecule has 0 aromatic heterocycles. The number of benzene rings is 1. The van der Waals surface area contributed by atoms with Gasteiger partial charge >= 0.3 is 0 Å². The quantitative estimate of drug-likeness (QED) is 0.340. The summed E-state index contributed by atoms with van der Waals surface area (Å²) in [6.45, 7) is 0. The van der Waals surface area contributed by atoms with E-state index < -0.39 is 22.1 Å². The maximum Gasteiger partial charge on any atom is 0.246 e. The van der Waals surface area contributed by atoms with Crippen LogP contribution in [0.3, 0.4) is 0 Å². The van der Waals surface area contributed by atoms with Gasteiger partial charge in [0.2, 0.25) is 15.9 Å². The lowest BCUT2D eigenvalue weighted by atomic mass is 10.3. The monoisotopic (exact) mass is 337 g/mol. The largest absolute Gasteiger partial charge is 0.315 e. The third-order valence-corrected chi connectivity index (χ3v) is 3.99. The Labute approximate surface area is 113 Å². The fraction of sp³-hybridized carbons (Fsp3) is 0.222. The highest BCUT2D eigenvalue weighted by Gasteiger charge is 2.19. The maximum atomic E-state index is 11.8. The van der Waals surface area contributed by atoms with Crippen molar-refractivity contribution in [3.05, 3.63) is 28.7 Å². The van der Waals surface area contributed by atoms with Gasteiger partial charge in [0.05, 0.1) is 17.5 Å². The van der Waals surface area contributed by atoms with E-state index in [1.54, 1.807) is 12.1 Å². The van der Waals surface area contributed by atoms with Crippen molar-refractivity contribution in [2.45, 2.75) is 17.5 Å². The molecule has 1 aromatic rings. The fourth-order valence-corrected chi connectivity index (χ4v) is 2.54. The summed E-state index contributed by atoms with van der Waals surface area (Å²) < 4.78 is 26.5. The molecule has 18 heavy (non-hydrogen) atoms. The van der Waals surface area contributed by atoms with Crippen LogP contribution in [0, 0.1) is 0 Å². The number of amides is 1. The number of nitrogens with one attached hydrogen (secondary N) is 2. The van der Waals surface area contributed by atoms with E-state index in [1.807, 2.05) is 0 Å². The van der Waals surface area contributed by atoms with Gasteiger partial charge in [0.1, 0.15) is 0 Å². The van der Waals surface area contributed by atoms with Gasteiger partial charge in [0.15, 0.2) is 0 Å². The lowest BCUT2D eigenvalue weighted by Crippen LogP contribution is -2.44. The first-order valence-corrected chi connectivity index (χ1v) is 7.09. The van der Waals surface area contributed by atoms with E-state index in [4.69, 9.17) is 10.9 Å². The number of hydroxylamine groups is 1. The lowest BCUT2D eigenvalue weighted by Gasteiger charge is -2.13. The molecular weight excluding hydrogens is 326 g/mol. The summed E-state index contributed by atoms with van der Waals surface area (Å²) in [6.07, 6.45) is -1.49. The average Bonchev–Trinajstić information content (AvgIpc) is 2.28. The molecule has 1 rings (SSSR count). The Morgan fingerprint density at radius 3 is 2.44 bits per heavy atom. The zero-order chi connectivity index (χ0) is 13.8. The number of sulfonamides is 1. The minimum atomic E-state index is -3.79. The van der Waals surface area contributed by atoms with E-state index in [9.17, 15) is 13.2 Å². The zero-order valence-corrected chi connectivity index (χ0v) is 11.5. The molecule has 0 aliphatic heterocycles. The van der Waals surface area contributed by atoms with Crippen LogP contribution in [0.15, 0.2) is 33.6 Å². The molecule has 0 spiro atoms. The molecule has 0 saturated heterocycles. The molecule has 7 nitrogen and oxygen atoms in total. The molecule has 0 fully saturated rings. The summed E-state index contributed by atoms with van der Waals surface area (Å²) in [7, 11) is -3.79. The second-order valence-corrected chi connectivity index (χ2v) is 6.05. The highest BCUT2D eigenvalue weighted by Crippen LogP contribution is 2.14. The Kier molecular flexibility index (Phi) is 5.23. The molecule has 0 radical (unpaired) electrons. The molecular formula is C9H12BrN3O4S. The smallest absolute Gasteiger partial charge is 0.246 e. The van der Waals surface area contributed by atoms with Crippen LogP contribution in [0.4, 0.5) is 0 Å². The van der Waals surface area contributed by atoms with Crippen molar-refractivity contribution in [3.63, 3.8) is 0 Å². The molecule has 0 heterocycles. The van der Waals surface area contributed by atoms with Crippen molar-refractivity contribution < 1.29 is 18.4 Å². The van der Waals surface area contributed by atoms with Gasteiger partial charge in [-0.25, -0.2) is 13.9 Å². The molecule has 0 aliphatic carbocycles. The molecule has 1 atom stereocenters. The van der Waals surface area contributed by atoms with Crippen LogP contribution in [0.2, 0.25) is 0 Å². The van der Waals surface area contributed by atoms with Crippen LogP contribution in [-0.2, 0) is 14.8 Å². The molecule has 0 bridgehead atoms. The average molecular weight is 338 g/mol. The standard InChI is InChI=1S/C9H12BrN3O4S/c10-6-1-3-7(4-2-6)18(16,17)13-8(11)5-9(14)12-15/h1-4,8,13,15H,5,11H2,(H,12,14). The molecule has 100 valence electrons. The van der Waals surface area contributed by atoms with Gasteiger partial charge in [-0.05, 0) is 24.3 Å². The van der Waals surface area contributed by atoms with Crippen molar-refractivity contribution >= 4 is 31.9 Å². The SMILES string of the molecule is NC(CC(=O)NO)NS(=O)(=O)c1ccc(Br)cc1. The minimum Gasteiger partial charge on any atom is -0.315 e. The van der Waals surface area contributed by atoms with Crippen LogP contribution in [0.5, 0.6) is 0 Å². The van der Waals surface area contributed by atoms with E-state index in [0.29, 0.717) is 0 Å². The third-order valence-electron chi connectivity index (χ3n) is 1.96. The number of hydrogen-bond donors (Lipinski definition) is 4. The Morgan fingerprint density at radius 1 is 1.39 bits per heavy atom. The predicted molar refractivity (Wildman–Crippen MR) is 67.0 cm³/mol. The summed E-state index contributed by atoms with van der Waals surface area (Å²) in [5.41, 5.74) is 6.80. The Bertz CT molecular complexity index is 517. The van der Waals surface area contributed by atoms with Gasteiger partial charge in [0.25, 0.3) is 0 Å². The first-order valence-electron chi connectivity index (χ1n) is 4.81. The number of nitrogens with two attached hydrogens (primary N) is 1. The normalized spacial score (nSPS) is 13.1. The van der Waals surface area contributed by atoms with E-state index in [0.717, 1.165) is 4.47 Å². The van der Waals surface area contributed by atoms with Crippen LogP contribution in [-0.4, -0.2) is 25.7 Å². The second-order valence-electron chi connectivity index (χ2n) is 3.42. The van der Waals surface area contributed by atoms with Gasteiger partial charge in [-0.2, -0.15) is 4.72 Å². The third kappa shape index (κ3) is 4.35. The molecule has 1 unspecified atom stereocenters.